The zero-order valence-corrected chi connectivity index (χ0v) is 14.1. The van der Waals surface area contributed by atoms with E-state index < -0.39 is 0 Å². The fourth-order valence-corrected chi connectivity index (χ4v) is 3.64. The molecule has 0 atom stereocenters. The van der Waals surface area contributed by atoms with Crippen molar-refractivity contribution in [2.45, 2.75) is 40.3 Å². The number of hydrogen-bond acceptors (Lipinski definition) is 3. The molecule has 104 valence electrons. The summed E-state index contributed by atoms with van der Waals surface area (Å²) in [6, 6.07) is 4.33. The predicted octanol–water partition coefficient (Wildman–Crippen LogP) is 3.81. The first-order valence-electron chi connectivity index (χ1n) is 6.53. The van der Waals surface area contributed by atoms with Crippen LogP contribution in [0.1, 0.15) is 27.6 Å². The zero-order chi connectivity index (χ0) is 13.8. The summed E-state index contributed by atoms with van der Waals surface area (Å²) < 4.78 is 3.31. The molecule has 0 amide bonds. The molecule has 0 radical (unpaired) electrons. The van der Waals surface area contributed by atoms with Crippen molar-refractivity contribution in [2.75, 3.05) is 6.54 Å². The summed E-state index contributed by atoms with van der Waals surface area (Å²) in [5.74, 6) is 0. The number of aromatic nitrogens is 2. The Bertz CT molecular complexity index is 525. The van der Waals surface area contributed by atoms with Gasteiger partial charge in [0.05, 0.1) is 5.69 Å². The molecule has 3 nitrogen and oxygen atoms in total. The van der Waals surface area contributed by atoms with Gasteiger partial charge in [0.25, 0.3) is 0 Å². The fraction of sp³-hybridized carbons (Fsp3) is 0.500. The molecule has 2 aromatic heterocycles. The third-order valence-corrected chi connectivity index (χ3v) is 5.17. The zero-order valence-electron chi connectivity index (χ0n) is 11.7. The van der Waals surface area contributed by atoms with E-state index in [0.717, 1.165) is 31.7 Å². The molecule has 0 aliphatic rings. The van der Waals surface area contributed by atoms with Crippen LogP contribution >= 0.6 is 27.3 Å². The molecule has 0 aliphatic carbocycles. The minimum atomic E-state index is 0.953. The van der Waals surface area contributed by atoms with Crippen molar-refractivity contribution in [3.05, 3.63) is 37.7 Å². The maximum atomic E-state index is 4.47. The molecule has 1 N–H and O–H groups in total. The Balaban J connectivity index is 1.68. The van der Waals surface area contributed by atoms with Crippen LogP contribution in [0.3, 0.4) is 0 Å². The molecule has 0 saturated heterocycles. The highest BCUT2D eigenvalue weighted by Gasteiger charge is 2.03. The molecule has 0 spiro atoms. The summed E-state index contributed by atoms with van der Waals surface area (Å²) >= 11 is 5.40. The average molecular weight is 342 g/mol. The van der Waals surface area contributed by atoms with E-state index in [2.05, 4.69) is 57.0 Å². The largest absolute Gasteiger partial charge is 0.312 e. The molecule has 0 bridgehead atoms. The molecular weight excluding hydrogens is 322 g/mol. The van der Waals surface area contributed by atoms with E-state index in [1.165, 1.54) is 19.9 Å². The molecule has 0 aliphatic heterocycles. The van der Waals surface area contributed by atoms with Gasteiger partial charge in [-0.25, -0.2) is 0 Å². The quantitative estimate of drug-likeness (QED) is 0.809. The second kappa shape index (κ2) is 6.68. The molecule has 0 unspecified atom stereocenters. The van der Waals surface area contributed by atoms with Crippen LogP contribution in [0.25, 0.3) is 0 Å². The van der Waals surface area contributed by atoms with Crippen molar-refractivity contribution in [3.63, 3.8) is 0 Å². The smallest absolute Gasteiger partial charge is 0.0596 e. The van der Waals surface area contributed by atoms with Crippen molar-refractivity contribution < 1.29 is 0 Å². The Hall–Kier alpha value is -0.650. The number of rotatable bonds is 6. The number of thiophene rings is 1. The van der Waals surface area contributed by atoms with Gasteiger partial charge in [-0.3, -0.25) is 4.68 Å². The maximum absolute atomic E-state index is 4.47. The molecular formula is C14H20BrN3S. The average Bonchev–Trinajstić information content (AvgIpc) is 2.82. The van der Waals surface area contributed by atoms with Gasteiger partial charge in [0, 0.05) is 33.0 Å². The molecule has 2 rings (SSSR count). The standard InChI is InChI=1S/C14H20BrN3S/c1-10-7-11(2)18(17-10)6-4-5-16-9-13-8-14(15)12(3)19-13/h7-8,16H,4-6,9H2,1-3H3. The second-order valence-corrected chi connectivity index (χ2v) is 6.99. The van der Waals surface area contributed by atoms with E-state index in [-0.39, 0.29) is 0 Å². The first kappa shape index (κ1) is 14.8. The van der Waals surface area contributed by atoms with Gasteiger partial charge in [-0.2, -0.15) is 5.10 Å². The van der Waals surface area contributed by atoms with Crippen LogP contribution in [0.15, 0.2) is 16.6 Å². The maximum Gasteiger partial charge on any atom is 0.0596 e. The third-order valence-electron chi connectivity index (χ3n) is 3.03. The lowest BCUT2D eigenvalue weighted by Gasteiger charge is -2.05. The molecule has 2 heterocycles. The fourth-order valence-electron chi connectivity index (χ4n) is 2.07. The highest BCUT2D eigenvalue weighted by atomic mass is 79.9. The summed E-state index contributed by atoms with van der Waals surface area (Å²) in [6.07, 6.45) is 1.10. The van der Waals surface area contributed by atoms with Crippen molar-refractivity contribution in [1.82, 2.24) is 15.1 Å². The van der Waals surface area contributed by atoms with Crippen LogP contribution < -0.4 is 5.32 Å². The van der Waals surface area contributed by atoms with Gasteiger partial charge in [-0.15, -0.1) is 11.3 Å². The Morgan fingerprint density at radius 2 is 2.11 bits per heavy atom. The summed E-state index contributed by atoms with van der Waals surface area (Å²) in [7, 11) is 0. The van der Waals surface area contributed by atoms with Crippen LogP contribution in [0.5, 0.6) is 0 Å². The Kier molecular flexibility index (Phi) is 5.19. The Morgan fingerprint density at radius 3 is 2.68 bits per heavy atom. The summed E-state index contributed by atoms with van der Waals surface area (Å²) in [5.41, 5.74) is 2.35. The minimum Gasteiger partial charge on any atom is -0.312 e. The lowest BCUT2D eigenvalue weighted by molar-refractivity contribution is 0.533. The summed E-state index contributed by atoms with van der Waals surface area (Å²) in [6.45, 7) is 9.25. The highest BCUT2D eigenvalue weighted by Crippen LogP contribution is 2.25. The van der Waals surface area contributed by atoms with E-state index >= 15 is 0 Å². The van der Waals surface area contributed by atoms with Crippen LogP contribution in [0.2, 0.25) is 0 Å². The molecule has 19 heavy (non-hydrogen) atoms. The van der Waals surface area contributed by atoms with E-state index in [9.17, 15) is 0 Å². The third kappa shape index (κ3) is 4.16. The lowest BCUT2D eigenvalue weighted by atomic mass is 10.3. The van der Waals surface area contributed by atoms with Gasteiger partial charge in [-0.1, -0.05) is 0 Å². The SMILES string of the molecule is Cc1cc(C)n(CCCNCc2cc(Br)c(C)s2)n1. The van der Waals surface area contributed by atoms with E-state index in [1.54, 1.807) is 0 Å². The first-order valence-corrected chi connectivity index (χ1v) is 8.14. The number of halogens is 1. The molecule has 0 saturated carbocycles. The van der Waals surface area contributed by atoms with Crippen molar-refractivity contribution in [1.29, 1.82) is 0 Å². The number of hydrogen-bond donors (Lipinski definition) is 1. The molecule has 5 heteroatoms. The summed E-state index contributed by atoms with van der Waals surface area (Å²) in [5, 5.41) is 7.95. The van der Waals surface area contributed by atoms with Crippen LogP contribution in [0.4, 0.5) is 0 Å². The number of nitrogens with zero attached hydrogens (tertiary/aromatic N) is 2. The van der Waals surface area contributed by atoms with Gasteiger partial charge < -0.3 is 5.32 Å². The molecule has 0 fully saturated rings. The van der Waals surface area contributed by atoms with E-state index in [4.69, 9.17) is 0 Å². The number of aryl methyl sites for hydroxylation is 4. The minimum absolute atomic E-state index is 0.953. The van der Waals surface area contributed by atoms with Gasteiger partial charge in [0.1, 0.15) is 0 Å². The van der Waals surface area contributed by atoms with Crippen molar-refractivity contribution in [3.8, 4) is 0 Å². The topological polar surface area (TPSA) is 29.9 Å². The van der Waals surface area contributed by atoms with Crippen molar-refractivity contribution >= 4 is 27.3 Å². The van der Waals surface area contributed by atoms with Crippen LogP contribution in [-0.4, -0.2) is 16.3 Å². The first-order chi connectivity index (χ1) is 9.06. The Labute approximate surface area is 127 Å². The van der Waals surface area contributed by atoms with Crippen LogP contribution in [0, 0.1) is 20.8 Å². The molecule has 2 aromatic rings. The van der Waals surface area contributed by atoms with Gasteiger partial charge in [0.2, 0.25) is 0 Å². The van der Waals surface area contributed by atoms with Crippen molar-refractivity contribution in [2.24, 2.45) is 0 Å². The normalized spacial score (nSPS) is 11.2. The summed E-state index contributed by atoms with van der Waals surface area (Å²) in [4.78, 5) is 2.73. The Morgan fingerprint density at radius 1 is 1.32 bits per heavy atom. The van der Waals surface area contributed by atoms with E-state index in [0.29, 0.717) is 0 Å². The molecule has 0 aromatic carbocycles. The predicted molar refractivity (Wildman–Crippen MR) is 84.8 cm³/mol. The van der Waals surface area contributed by atoms with E-state index in [1.807, 2.05) is 18.3 Å². The second-order valence-electron chi connectivity index (χ2n) is 4.80. The van der Waals surface area contributed by atoms with Gasteiger partial charge in [-0.05, 0) is 61.8 Å². The number of nitrogens with one attached hydrogen (secondary N) is 1. The lowest BCUT2D eigenvalue weighted by Crippen LogP contribution is -2.16. The highest BCUT2D eigenvalue weighted by molar-refractivity contribution is 9.10. The monoisotopic (exact) mass is 341 g/mol. The van der Waals surface area contributed by atoms with Crippen LogP contribution in [-0.2, 0) is 13.1 Å². The van der Waals surface area contributed by atoms with Gasteiger partial charge in [0.15, 0.2) is 0 Å². The van der Waals surface area contributed by atoms with Gasteiger partial charge >= 0.3 is 0 Å².